The second kappa shape index (κ2) is 5.58. The van der Waals surface area contributed by atoms with E-state index < -0.39 is 5.82 Å². The van der Waals surface area contributed by atoms with Crippen molar-refractivity contribution in [3.05, 3.63) is 29.8 Å². The number of aromatic nitrogens is 1. The summed E-state index contributed by atoms with van der Waals surface area (Å²) in [7, 11) is 0. The molecule has 0 spiro atoms. The van der Waals surface area contributed by atoms with Gasteiger partial charge in [0.25, 0.3) is 5.91 Å². The quantitative estimate of drug-likeness (QED) is 0.786. The van der Waals surface area contributed by atoms with Crippen molar-refractivity contribution in [3.8, 4) is 0 Å². The predicted octanol–water partition coefficient (Wildman–Crippen LogP) is 2.47. The van der Waals surface area contributed by atoms with Crippen LogP contribution in [0.5, 0.6) is 0 Å². The van der Waals surface area contributed by atoms with E-state index in [1.54, 1.807) is 4.90 Å². The van der Waals surface area contributed by atoms with E-state index in [1.807, 2.05) is 0 Å². The normalized spacial score (nSPS) is 17.2. The van der Waals surface area contributed by atoms with Crippen LogP contribution in [0.2, 0.25) is 0 Å². The molecule has 0 unspecified atom stereocenters. The molecule has 17 heavy (non-hydrogen) atoms. The first kappa shape index (κ1) is 12.5. The summed E-state index contributed by atoms with van der Waals surface area (Å²) in [4.78, 5) is 17.6. The number of halogens is 2. The van der Waals surface area contributed by atoms with Gasteiger partial charge in [-0.3, -0.25) is 4.79 Å². The fraction of sp³-hybridized carbons (Fsp3) is 0.500. The topological polar surface area (TPSA) is 33.2 Å². The van der Waals surface area contributed by atoms with Crippen LogP contribution >= 0.6 is 15.9 Å². The summed E-state index contributed by atoms with van der Waals surface area (Å²) in [5, 5.41) is 0.990. The maximum absolute atomic E-state index is 12.7. The SMILES string of the molecule is O=C(c1ccc(F)cn1)N1CCC(CBr)CC1. The average Bonchev–Trinajstić information content (AvgIpc) is 2.39. The van der Waals surface area contributed by atoms with Gasteiger partial charge in [0.2, 0.25) is 0 Å². The Bertz CT molecular complexity index is 388. The van der Waals surface area contributed by atoms with Crippen molar-refractivity contribution in [2.24, 2.45) is 5.92 Å². The van der Waals surface area contributed by atoms with Gasteiger partial charge in [0.15, 0.2) is 0 Å². The standard InChI is InChI=1S/C12H14BrFN2O/c13-7-9-3-5-16(6-4-9)12(17)11-2-1-10(14)8-15-11/h1-2,8-9H,3-7H2. The molecular formula is C12H14BrFN2O. The molecule has 1 aliphatic heterocycles. The Kier molecular flexibility index (Phi) is 4.10. The summed E-state index contributed by atoms with van der Waals surface area (Å²) in [6.07, 6.45) is 3.11. The zero-order chi connectivity index (χ0) is 12.3. The summed E-state index contributed by atoms with van der Waals surface area (Å²) >= 11 is 3.46. The highest BCUT2D eigenvalue weighted by atomic mass is 79.9. The lowest BCUT2D eigenvalue weighted by Crippen LogP contribution is -2.39. The third-order valence-electron chi connectivity index (χ3n) is 3.07. The van der Waals surface area contributed by atoms with Gasteiger partial charge in [-0.25, -0.2) is 9.37 Å². The van der Waals surface area contributed by atoms with E-state index in [-0.39, 0.29) is 5.91 Å². The molecule has 0 aliphatic carbocycles. The number of pyridine rings is 1. The van der Waals surface area contributed by atoms with Crippen LogP contribution in [0.15, 0.2) is 18.3 Å². The third kappa shape index (κ3) is 3.03. The number of hydrogen-bond donors (Lipinski definition) is 0. The van der Waals surface area contributed by atoms with Gasteiger partial charge in [-0.2, -0.15) is 0 Å². The molecule has 0 radical (unpaired) electrons. The molecule has 0 atom stereocenters. The van der Waals surface area contributed by atoms with Crippen LogP contribution in [0.25, 0.3) is 0 Å². The molecule has 5 heteroatoms. The number of nitrogens with zero attached hydrogens (tertiary/aromatic N) is 2. The van der Waals surface area contributed by atoms with E-state index in [0.29, 0.717) is 11.6 Å². The molecule has 0 saturated carbocycles. The molecule has 1 amide bonds. The summed E-state index contributed by atoms with van der Waals surface area (Å²) in [6.45, 7) is 1.52. The summed E-state index contributed by atoms with van der Waals surface area (Å²) in [5.41, 5.74) is 0.323. The number of carbonyl (C=O) groups excluding carboxylic acids is 1. The Morgan fingerprint density at radius 2 is 2.18 bits per heavy atom. The zero-order valence-electron chi connectivity index (χ0n) is 9.40. The maximum Gasteiger partial charge on any atom is 0.272 e. The summed E-state index contributed by atoms with van der Waals surface area (Å²) in [5.74, 6) is 0.137. The minimum Gasteiger partial charge on any atom is -0.337 e. The number of hydrogen-bond acceptors (Lipinski definition) is 2. The fourth-order valence-electron chi connectivity index (χ4n) is 1.95. The molecule has 0 N–H and O–H groups in total. The summed E-state index contributed by atoms with van der Waals surface area (Å²) < 4.78 is 12.7. The van der Waals surface area contributed by atoms with Crippen LogP contribution < -0.4 is 0 Å². The van der Waals surface area contributed by atoms with Crippen LogP contribution in [-0.2, 0) is 0 Å². The van der Waals surface area contributed by atoms with E-state index in [9.17, 15) is 9.18 Å². The van der Waals surface area contributed by atoms with Crippen molar-refractivity contribution in [1.82, 2.24) is 9.88 Å². The largest absolute Gasteiger partial charge is 0.337 e. The van der Waals surface area contributed by atoms with Gasteiger partial charge >= 0.3 is 0 Å². The van der Waals surface area contributed by atoms with Crippen molar-refractivity contribution in [2.45, 2.75) is 12.8 Å². The Hall–Kier alpha value is -0.970. The minimum absolute atomic E-state index is 0.0991. The molecule has 2 heterocycles. The van der Waals surface area contributed by atoms with Crippen LogP contribution in [0.3, 0.4) is 0 Å². The molecule has 3 nitrogen and oxygen atoms in total. The van der Waals surface area contributed by atoms with Crippen LogP contribution in [0, 0.1) is 11.7 Å². The first-order valence-electron chi connectivity index (χ1n) is 5.67. The van der Waals surface area contributed by atoms with Crippen molar-refractivity contribution in [1.29, 1.82) is 0 Å². The van der Waals surface area contributed by atoms with Gasteiger partial charge in [-0.05, 0) is 30.9 Å². The number of rotatable bonds is 2. The minimum atomic E-state index is -0.417. The fourth-order valence-corrected chi connectivity index (χ4v) is 2.60. The number of carbonyl (C=O) groups is 1. The summed E-state index contributed by atoms with van der Waals surface area (Å²) in [6, 6.07) is 2.71. The van der Waals surface area contributed by atoms with Crippen LogP contribution in [0.1, 0.15) is 23.3 Å². The molecular weight excluding hydrogens is 287 g/mol. The lowest BCUT2D eigenvalue weighted by molar-refractivity contribution is 0.0693. The number of likely N-dealkylation sites (tertiary alicyclic amines) is 1. The van der Waals surface area contributed by atoms with Gasteiger partial charge in [0.05, 0.1) is 6.20 Å². The Morgan fingerprint density at radius 3 is 2.71 bits per heavy atom. The number of alkyl halides is 1. The van der Waals surface area contributed by atoms with Crippen molar-refractivity contribution >= 4 is 21.8 Å². The molecule has 1 saturated heterocycles. The highest BCUT2D eigenvalue weighted by Gasteiger charge is 2.23. The molecule has 2 rings (SSSR count). The Morgan fingerprint density at radius 1 is 1.47 bits per heavy atom. The third-order valence-corrected chi connectivity index (χ3v) is 3.98. The maximum atomic E-state index is 12.7. The van der Waals surface area contributed by atoms with Gasteiger partial charge in [0.1, 0.15) is 11.5 Å². The van der Waals surface area contributed by atoms with Crippen LogP contribution in [-0.4, -0.2) is 34.2 Å². The number of amides is 1. The highest BCUT2D eigenvalue weighted by molar-refractivity contribution is 9.09. The number of piperidine rings is 1. The second-order valence-electron chi connectivity index (χ2n) is 4.25. The van der Waals surface area contributed by atoms with Crippen molar-refractivity contribution < 1.29 is 9.18 Å². The van der Waals surface area contributed by atoms with E-state index in [1.165, 1.54) is 12.1 Å². The van der Waals surface area contributed by atoms with Crippen LogP contribution in [0.4, 0.5) is 4.39 Å². The monoisotopic (exact) mass is 300 g/mol. The molecule has 0 bridgehead atoms. The molecule has 1 aromatic rings. The average molecular weight is 301 g/mol. The lowest BCUT2D eigenvalue weighted by Gasteiger charge is -2.30. The molecule has 1 aromatic heterocycles. The van der Waals surface area contributed by atoms with Gasteiger partial charge < -0.3 is 4.90 Å². The van der Waals surface area contributed by atoms with E-state index in [4.69, 9.17) is 0 Å². The zero-order valence-corrected chi connectivity index (χ0v) is 11.0. The smallest absolute Gasteiger partial charge is 0.272 e. The Labute approximate surface area is 108 Å². The predicted molar refractivity (Wildman–Crippen MR) is 66.6 cm³/mol. The van der Waals surface area contributed by atoms with E-state index in [0.717, 1.165) is 37.5 Å². The van der Waals surface area contributed by atoms with Gasteiger partial charge in [-0.1, -0.05) is 15.9 Å². The van der Waals surface area contributed by atoms with Crippen molar-refractivity contribution in [3.63, 3.8) is 0 Å². The van der Waals surface area contributed by atoms with E-state index in [2.05, 4.69) is 20.9 Å². The van der Waals surface area contributed by atoms with Crippen molar-refractivity contribution in [2.75, 3.05) is 18.4 Å². The molecule has 1 aliphatic rings. The van der Waals surface area contributed by atoms with Gasteiger partial charge in [-0.15, -0.1) is 0 Å². The first-order valence-corrected chi connectivity index (χ1v) is 6.79. The highest BCUT2D eigenvalue weighted by Crippen LogP contribution is 2.20. The first-order chi connectivity index (χ1) is 8.20. The second-order valence-corrected chi connectivity index (χ2v) is 4.90. The Balaban J connectivity index is 1.99. The lowest BCUT2D eigenvalue weighted by atomic mass is 9.99. The van der Waals surface area contributed by atoms with Gasteiger partial charge in [0, 0.05) is 18.4 Å². The molecule has 92 valence electrons. The molecule has 1 fully saturated rings. The van der Waals surface area contributed by atoms with E-state index >= 15 is 0 Å². The molecule has 0 aromatic carbocycles.